The quantitative estimate of drug-likeness (QED) is 0.678. The minimum Gasteiger partial charge on any atom is -0.380 e. The summed E-state index contributed by atoms with van der Waals surface area (Å²) in [6.07, 6.45) is 4.93. The number of anilines is 1. The second kappa shape index (κ2) is 7.09. The molecule has 2 aromatic heterocycles. The zero-order valence-corrected chi connectivity index (χ0v) is 15.3. The van der Waals surface area contributed by atoms with Gasteiger partial charge in [0.15, 0.2) is 16.8 Å². The van der Waals surface area contributed by atoms with Crippen LogP contribution in [0.1, 0.15) is 44.3 Å². The van der Waals surface area contributed by atoms with E-state index in [0.29, 0.717) is 30.8 Å². The smallest absolute Gasteiger partial charge is 0.181 e. The molecule has 2 N–H and O–H groups in total. The van der Waals surface area contributed by atoms with Crippen LogP contribution in [0.15, 0.2) is 18.2 Å². The lowest BCUT2D eigenvalue weighted by Gasteiger charge is -2.06. The molecule has 0 bridgehead atoms. The van der Waals surface area contributed by atoms with E-state index in [4.69, 9.17) is 20.6 Å². The Balaban J connectivity index is 1.71. The molecule has 0 unspecified atom stereocenters. The van der Waals surface area contributed by atoms with Gasteiger partial charge >= 0.3 is 0 Å². The molecule has 3 aromatic rings. The molecular formula is C18H23N5OS. The van der Waals surface area contributed by atoms with Crippen molar-refractivity contribution in [2.45, 2.75) is 45.1 Å². The molecule has 1 aliphatic carbocycles. The minimum absolute atomic E-state index is 0.491. The molecular weight excluding hydrogens is 334 g/mol. The Morgan fingerprint density at radius 3 is 2.92 bits per heavy atom. The lowest BCUT2D eigenvalue weighted by Crippen LogP contribution is -2.09. The number of nitrogens with zero attached hydrogens (tertiary/aromatic N) is 4. The molecule has 0 saturated heterocycles. The highest BCUT2D eigenvalue weighted by molar-refractivity contribution is 7.22. The van der Waals surface area contributed by atoms with Gasteiger partial charge in [0.1, 0.15) is 0 Å². The molecule has 1 fully saturated rings. The zero-order chi connectivity index (χ0) is 17.2. The van der Waals surface area contributed by atoms with Gasteiger partial charge in [-0.1, -0.05) is 24.2 Å². The van der Waals surface area contributed by atoms with E-state index in [2.05, 4.69) is 23.2 Å². The van der Waals surface area contributed by atoms with Crippen LogP contribution in [-0.2, 0) is 11.3 Å². The molecule has 0 spiro atoms. The third kappa shape index (κ3) is 3.39. The summed E-state index contributed by atoms with van der Waals surface area (Å²) in [6, 6.07) is 6.21. The monoisotopic (exact) mass is 357 g/mol. The number of aromatic nitrogens is 4. The zero-order valence-electron chi connectivity index (χ0n) is 14.4. The summed E-state index contributed by atoms with van der Waals surface area (Å²) >= 11 is 1.51. The molecule has 6 nitrogen and oxygen atoms in total. The normalized spacial score (nSPS) is 15.4. The second-order valence-corrected chi connectivity index (χ2v) is 7.49. The summed E-state index contributed by atoms with van der Waals surface area (Å²) in [6.45, 7) is 4.07. The number of ether oxygens (including phenoxy) is 1. The van der Waals surface area contributed by atoms with Crippen molar-refractivity contribution < 1.29 is 4.74 Å². The Bertz CT molecular complexity index is 866. The van der Waals surface area contributed by atoms with Crippen molar-refractivity contribution in [3.63, 3.8) is 0 Å². The molecule has 4 rings (SSSR count). The van der Waals surface area contributed by atoms with E-state index in [1.807, 2.05) is 11.6 Å². The van der Waals surface area contributed by atoms with Crippen LogP contribution in [0.3, 0.4) is 0 Å². The number of nitrogens with two attached hydrogens (primary N) is 1. The number of nitrogen functional groups attached to an aromatic ring is 1. The first kappa shape index (κ1) is 16.5. The average Bonchev–Trinajstić information content (AvgIpc) is 3.32. The van der Waals surface area contributed by atoms with Gasteiger partial charge < -0.3 is 10.5 Å². The summed E-state index contributed by atoms with van der Waals surface area (Å²) in [5, 5.41) is 5.40. The second-order valence-electron chi connectivity index (χ2n) is 6.43. The van der Waals surface area contributed by atoms with Crippen molar-refractivity contribution in [1.82, 2.24) is 19.7 Å². The van der Waals surface area contributed by atoms with Crippen molar-refractivity contribution in [2.24, 2.45) is 0 Å². The van der Waals surface area contributed by atoms with Crippen LogP contribution < -0.4 is 5.73 Å². The highest BCUT2D eigenvalue weighted by atomic mass is 32.1. The van der Waals surface area contributed by atoms with Crippen molar-refractivity contribution in [2.75, 3.05) is 18.9 Å². The SMILES string of the molecule is CCOCCn1nc(C2CCCC2)nc1-c1ccc2sc(N)nc2c1. The standard InChI is InChI=1S/C18H23N5OS/c1-2-24-10-9-23-17(21-16(22-23)12-5-3-4-6-12)13-7-8-15-14(11-13)20-18(19)25-15/h7-8,11-12H,2-6,9-10H2,1H3,(H2,19,20). The molecule has 7 heteroatoms. The first-order chi connectivity index (χ1) is 12.2. The molecule has 0 aliphatic heterocycles. The van der Waals surface area contributed by atoms with Crippen LogP contribution in [-0.4, -0.2) is 33.0 Å². The van der Waals surface area contributed by atoms with E-state index >= 15 is 0 Å². The average molecular weight is 357 g/mol. The molecule has 2 heterocycles. The molecule has 1 aliphatic rings. The Hall–Kier alpha value is -1.99. The number of rotatable bonds is 6. The van der Waals surface area contributed by atoms with Crippen LogP contribution in [0.5, 0.6) is 0 Å². The van der Waals surface area contributed by atoms with Crippen molar-refractivity contribution in [3.05, 3.63) is 24.0 Å². The van der Waals surface area contributed by atoms with Gasteiger partial charge in [0.25, 0.3) is 0 Å². The van der Waals surface area contributed by atoms with Crippen LogP contribution in [0.4, 0.5) is 5.13 Å². The molecule has 25 heavy (non-hydrogen) atoms. The largest absolute Gasteiger partial charge is 0.380 e. The first-order valence-electron chi connectivity index (χ1n) is 8.93. The third-order valence-corrected chi connectivity index (χ3v) is 5.59. The number of hydrogen-bond donors (Lipinski definition) is 1. The van der Waals surface area contributed by atoms with E-state index in [0.717, 1.165) is 27.4 Å². The van der Waals surface area contributed by atoms with E-state index in [-0.39, 0.29) is 0 Å². The van der Waals surface area contributed by atoms with Crippen molar-refractivity contribution in [1.29, 1.82) is 0 Å². The minimum atomic E-state index is 0.491. The summed E-state index contributed by atoms with van der Waals surface area (Å²) < 4.78 is 8.60. The van der Waals surface area contributed by atoms with E-state index in [9.17, 15) is 0 Å². The Kier molecular flexibility index (Phi) is 4.67. The van der Waals surface area contributed by atoms with Crippen LogP contribution in [0.2, 0.25) is 0 Å². The van der Waals surface area contributed by atoms with Crippen molar-refractivity contribution >= 4 is 26.7 Å². The van der Waals surface area contributed by atoms with Gasteiger partial charge in [-0.25, -0.2) is 14.6 Å². The van der Waals surface area contributed by atoms with Gasteiger partial charge in [-0.05, 0) is 38.0 Å². The third-order valence-electron chi connectivity index (χ3n) is 4.72. The van der Waals surface area contributed by atoms with E-state index in [1.54, 1.807) is 0 Å². The molecule has 1 saturated carbocycles. The molecule has 0 atom stereocenters. The maximum Gasteiger partial charge on any atom is 0.181 e. The van der Waals surface area contributed by atoms with E-state index < -0.39 is 0 Å². The maximum absolute atomic E-state index is 5.83. The number of fused-ring (bicyclic) bond motifs is 1. The molecule has 132 valence electrons. The number of benzene rings is 1. The summed E-state index contributed by atoms with van der Waals surface area (Å²) in [4.78, 5) is 9.30. The van der Waals surface area contributed by atoms with E-state index in [1.165, 1.54) is 37.0 Å². The number of thiazole rings is 1. The topological polar surface area (TPSA) is 78.8 Å². The summed E-state index contributed by atoms with van der Waals surface area (Å²) in [7, 11) is 0. The van der Waals surface area contributed by atoms with Gasteiger partial charge in [0.2, 0.25) is 0 Å². The predicted octanol–water partition coefficient (Wildman–Crippen LogP) is 3.83. The fraction of sp³-hybridized carbons (Fsp3) is 0.500. The molecule has 0 amide bonds. The summed E-state index contributed by atoms with van der Waals surface area (Å²) in [5.41, 5.74) is 7.79. The van der Waals surface area contributed by atoms with Crippen LogP contribution >= 0.6 is 11.3 Å². The first-order valence-corrected chi connectivity index (χ1v) is 9.75. The van der Waals surface area contributed by atoms with Crippen LogP contribution in [0, 0.1) is 0 Å². The lowest BCUT2D eigenvalue weighted by molar-refractivity contribution is 0.136. The summed E-state index contributed by atoms with van der Waals surface area (Å²) in [5.74, 6) is 2.36. The van der Waals surface area contributed by atoms with Gasteiger partial charge in [-0.3, -0.25) is 0 Å². The molecule has 0 radical (unpaired) electrons. The van der Waals surface area contributed by atoms with Crippen molar-refractivity contribution in [3.8, 4) is 11.4 Å². The Morgan fingerprint density at radius 1 is 1.28 bits per heavy atom. The molecule has 1 aromatic carbocycles. The van der Waals surface area contributed by atoms with Gasteiger partial charge in [0, 0.05) is 18.1 Å². The Labute approximate surface area is 151 Å². The van der Waals surface area contributed by atoms with Gasteiger partial charge in [0.05, 0.1) is 23.4 Å². The maximum atomic E-state index is 5.83. The fourth-order valence-corrected chi connectivity index (χ4v) is 4.18. The van der Waals surface area contributed by atoms with Crippen LogP contribution in [0.25, 0.3) is 21.6 Å². The Morgan fingerprint density at radius 2 is 2.12 bits per heavy atom. The highest BCUT2D eigenvalue weighted by Gasteiger charge is 2.23. The van der Waals surface area contributed by atoms with Gasteiger partial charge in [-0.2, -0.15) is 5.10 Å². The lowest BCUT2D eigenvalue weighted by atomic mass is 10.1. The predicted molar refractivity (Wildman–Crippen MR) is 101 cm³/mol. The fourth-order valence-electron chi connectivity index (χ4n) is 3.47. The number of hydrogen-bond acceptors (Lipinski definition) is 6. The van der Waals surface area contributed by atoms with Gasteiger partial charge in [-0.15, -0.1) is 0 Å². The highest BCUT2D eigenvalue weighted by Crippen LogP contribution is 2.34.